The van der Waals surface area contributed by atoms with Crippen LogP contribution in [0.4, 0.5) is 34.1 Å². The Bertz CT molecular complexity index is 7270. The third-order valence-electron chi connectivity index (χ3n) is 21.9. The van der Waals surface area contributed by atoms with Crippen molar-refractivity contribution in [2.75, 3.05) is 41.3 Å². The molecule has 19 aromatic rings. The number of nitro benzene ring substituents is 5. The molecule has 14 aromatic carbocycles. The van der Waals surface area contributed by atoms with E-state index in [0.29, 0.717) is 78.4 Å². The van der Waals surface area contributed by atoms with Crippen molar-refractivity contribution >= 4 is 92.9 Å². The van der Waals surface area contributed by atoms with Crippen LogP contribution in [0, 0.1) is 50.6 Å². The van der Waals surface area contributed by atoms with Crippen LogP contribution in [0.15, 0.2) is 384 Å². The number of nitrogens with two attached hydrogens (primary N) is 1. The third-order valence-corrected chi connectivity index (χ3v) is 27.0. The van der Waals surface area contributed by atoms with Crippen molar-refractivity contribution in [2.45, 2.75) is 54.5 Å². The van der Waals surface area contributed by atoms with Crippen LogP contribution in [-0.2, 0) is 35.8 Å². The Morgan fingerprint density at radius 1 is 0.260 bits per heavy atom. The molecule has 0 atom stereocenters. The number of hydrogen-bond donors (Lipinski definition) is 1. The van der Waals surface area contributed by atoms with Crippen LogP contribution in [-0.4, -0.2) is 134 Å². The first-order valence-electron chi connectivity index (χ1n) is 44.4. The first kappa shape index (κ1) is 103. The number of benzene rings is 14. The molecule has 734 valence electrons. The number of anilines is 1. The second-order valence-electron chi connectivity index (χ2n) is 31.1. The topological polar surface area (TPSA) is 441 Å². The molecule has 19 rings (SSSR count). The number of para-hydroxylation sites is 6. The average Bonchev–Trinajstić information content (AvgIpc) is 1.65. The zero-order valence-electron chi connectivity index (χ0n) is 78.8. The van der Waals surface area contributed by atoms with Gasteiger partial charge in [0, 0.05) is 157 Å². The van der Waals surface area contributed by atoms with Crippen LogP contribution in [0.1, 0.15) is 27.8 Å². The number of nitro groups is 5. The summed E-state index contributed by atoms with van der Waals surface area (Å²) in [5, 5.41) is 102. The molecule has 0 aliphatic rings. The van der Waals surface area contributed by atoms with Crippen LogP contribution in [0.2, 0.25) is 0 Å². The van der Waals surface area contributed by atoms with Gasteiger partial charge in [0.15, 0.2) is 54.9 Å². The van der Waals surface area contributed by atoms with E-state index >= 15 is 0 Å². The van der Waals surface area contributed by atoms with E-state index in [9.17, 15) is 50.6 Å². The van der Waals surface area contributed by atoms with Crippen LogP contribution >= 0.6 is 58.8 Å². The summed E-state index contributed by atoms with van der Waals surface area (Å²) in [6, 6.07) is 109. The van der Waals surface area contributed by atoms with Gasteiger partial charge in [0.2, 0.25) is 0 Å². The Balaban J connectivity index is 0.000000137. The monoisotopic (exact) mass is 2040 g/mol. The summed E-state index contributed by atoms with van der Waals surface area (Å²) < 4.78 is 36.1. The van der Waals surface area contributed by atoms with Crippen molar-refractivity contribution in [3.05, 3.63) is 436 Å². The van der Waals surface area contributed by atoms with Gasteiger partial charge in [-0.2, -0.15) is 0 Å². The molecule has 0 aliphatic carbocycles. The van der Waals surface area contributed by atoms with E-state index in [1.807, 2.05) is 273 Å². The summed E-state index contributed by atoms with van der Waals surface area (Å²) >= 11 is 7.31. The first-order valence-corrected chi connectivity index (χ1v) is 49.3. The van der Waals surface area contributed by atoms with Gasteiger partial charge >= 0.3 is 0 Å². The summed E-state index contributed by atoms with van der Waals surface area (Å²) in [6.45, 7) is 0. The summed E-state index contributed by atoms with van der Waals surface area (Å²) in [6.07, 6.45) is 0. The predicted octanol–water partition coefficient (Wildman–Crippen LogP) is 23.8. The van der Waals surface area contributed by atoms with E-state index in [4.69, 9.17) is 29.4 Å². The molecule has 0 saturated carbocycles. The van der Waals surface area contributed by atoms with Gasteiger partial charge in [-0.05, 0) is 187 Å². The quantitative estimate of drug-likeness (QED) is 0.0169. The molecule has 36 nitrogen and oxygen atoms in total. The van der Waals surface area contributed by atoms with Crippen molar-refractivity contribution in [3.8, 4) is 108 Å². The molecule has 0 amide bonds. The molecule has 5 heterocycles. The number of thioether (sulfide) groups is 5. The SMILES string of the molecule is COc1ccc(-c2nnc(SCc3ccc([N+](=O)[O-])cc3)n2-c2ccccc2)cc1.COc1ccc(-c2nnc(SCc3ccc([N+](=O)[O-])cc3)n2-c2ccccc2)cc1.COc1ccc(-c2nnc(SCc3ccccc3[N+](=O)[O-])n2-c2ccccc2)cc1.COc1ccc(-c2nnc(SCc3ccccc3[N+](=O)[O-])n2-c2ccccc2)cc1.COc1ccc([N+](=O)[O-])cc1CSc1nnc(-c2ccc(N)cc2)n1C. The lowest BCUT2D eigenvalue weighted by Gasteiger charge is -2.11. The molecule has 41 heteroatoms. The lowest BCUT2D eigenvalue weighted by molar-refractivity contribution is -0.385. The standard InChI is InChI=1S/4C22H18N4O3S.C17H17N5O3S/c2*1-29-19-13-11-16(12-14-19)21-23-24-22(25(21)18-8-3-2-4-9-18)30-15-17-7-5-6-10-20(17)26(27)28;2*1-29-20-13-9-17(10-14-20)21-23-24-22(25(21)18-5-3-2-4-6-18)30-15-16-7-11-19(12-8-16)26(27)28;1-21-16(11-3-5-13(18)6-4-11)19-20-17(21)26-10-12-9-14(22(23)24)7-8-15(12)25-2/h4*2-14H,15H2,1H3;3-9H,10,18H2,1-2H3. The van der Waals surface area contributed by atoms with Crippen LogP contribution in [0.5, 0.6) is 28.7 Å². The first-order chi connectivity index (χ1) is 71.1. The van der Waals surface area contributed by atoms with Crippen LogP contribution < -0.4 is 29.4 Å². The zero-order chi connectivity index (χ0) is 102. The van der Waals surface area contributed by atoms with Gasteiger partial charge < -0.3 is 34.0 Å². The fourth-order valence-electron chi connectivity index (χ4n) is 14.5. The number of aromatic nitrogens is 15. The molecule has 0 fully saturated rings. The fraction of sp³-hybridized carbons (Fsp3) is 0.105. The number of non-ortho nitro benzene ring substituents is 3. The van der Waals surface area contributed by atoms with Crippen LogP contribution in [0.25, 0.3) is 79.7 Å². The molecular formula is C105H89N21O15S5. The number of nitrogen functional groups attached to an aromatic ring is 1. The molecule has 146 heavy (non-hydrogen) atoms. The number of methoxy groups -OCH3 is 5. The summed E-state index contributed by atoms with van der Waals surface area (Å²) in [5.74, 6) is 9.75. The number of rotatable bonds is 34. The van der Waals surface area contributed by atoms with Gasteiger partial charge in [-0.15, -0.1) is 51.0 Å². The van der Waals surface area contributed by atoms with E-state index in [1.165, 1.54) is 114 Å². The Kier molecular flexibility index (Phi) is 35.3. The minimum atomic E-state index is -0.421. The van der Waals surface area contributed by atoms with E-state index in [0.717, 1.165) is 118 Å². The molecular weight excluding hydrogens is 1960 g/mol. The number of nitrogens with zero attached hydrogens (tertiary/aromatic N) is 20. The van der Waals surface area contributed by atoms with Crippen molar-refractivity contribution in [1.29, 1.82) is 0 Å². The molecule has 0 bridgehead atoms. The van der Waals surface area contributed by atoms with Crippen molar-refractivity contribution in [1.82, 2.24) is 73.8 Å². The van der Waals surface area contributed by atoms with E-state index < -0.39 is 14.8 Å². The van der Waals surface area contributed by atoms with Crippen molar-refractivity contribution in [2.24, 2.45) is 7.05 Å². The molecule has 0 saturated heterocycles. The Labute approximate surface area is 856 Å². The highest BCUT2D eigenvalue weighted by Gasteiger charge is 2.26. The smallest absolute Gasteiger partial charge is 0.273 e. The minimum absolute atomic E-state index is 0.0296. The fourth-order valence-corrected chi connectivity index (χ4v) is 19.1. The normalized spacial score (nSPS) is 10.7. The maximum atomic E-state index is 11.3. The largest absolute Gasteiger partial charge is 0.497 e. The Morgan fingerprint density at radius 2 is 0.521 bits per heavy atom. The lowest BCUT2D eigenvalue weighted by Crippen LogP contribution is -2.00. The third kappa shape index (κ3) is 26.2. The highest BCUT2D eigenvalue weighted by molar-refractivity contribution is 7.99. The van der Waals surface area contributed by atoms with Gasteiger partial charge in [-0.3, -0.25) is 68.8 Å². The molecule has 0 radical (unpaired) electrons. The number of hydrogen-bond acceptors (Lipinski definition) is 31. The summed E-state index contributed by atoms with van der Waals surface area (Å²) in [4.78, 5) is 53.4. The molecule has 0 aliphatic heterocycles. The van der Waals surface area contributed by atoms with Crippen LogP contribution in [0.3, 0.4) is 0 Å². The highest BCUT2D eigenvalue weighted by atomic mass is 32.2. The van der Waals surface area contributed by atoms with Gasteiger partial charge in [-0.25, -0.2) is 0 Å². The number of ether oxygens (including phenoxy) is 5. The summed E-state index contributed by atoms with van der Waals surface area (Å²) in [7, 11) is 9.93. The van der Waals surface area contributed by atoms with E-state index in [-0.39, 0.29) is 38.3 Å². The van der Waals surface area contributed by atoms with E-state index in [1.54, 1.807) is 95.2 Å². The second-order valence-corrected chi connectivity index (χ2v) is 35.8. The second kappa shape index (κ2) is 50.1. The molecule has 5 aromatic heterocycles. The summed E-state index contributed by atoms with van der Waals surface area (Å²) in [5.41, 5.74) is 19.0. The maximum Gasteiger partial charge on any atom is 0.273 e. The molecule has 0 spiro atoms. The van der Waals surface area contributed by atoms with Gasteiger partial charge in [0.1, 0.15) is 28.7 Å². The van der Waals surface area contributed by atoms with E-state index in [2.05, 4.69) is 51.0 Å². The predicted molar refractivity (Wildman–Crippen MR) is 564 cm³/mol. The average molecular weight is 2050 g/mol. The van der Waals surface area contributed by atoms with Gasteiger partial charge in [0.05, 0.1) is 60.2 Å². The molecule has 2 N–H and O–H groups in total. The maximum absolute atomic E-state index is 11.3. The van der Waals surface area contributed by atoms with Crippen molar-refractivity contribution in [3.63, 3.8) is 0 Å². The highest BCUT2D eigenvalue weighted by Crippen LogP contribution is 2.40. The minimum Gasteiger partial charge on any atom is -0.497 e. The van der Waals surface area contributed by atoms with Gasteiger partial charge in [-0.1, -0.05) is 192 Å². The van der Waals surface area contributed by atoms with Gasteiger partial charge in [0.25, 0.3) is 28.4 Å². The molecule has 0 unspecified atom stereocenters. The zero-order valence-corrected chi connectivity index (χ0v) is 82.9. The lowest BCUT2D eigenvalue weighted by atomic mass is 10.2. The van der Waals surface area contributed by atoms with Crippen molar-refractivity contribution < 1.29 is 48.3 Å². The Morgan fingerprint density at radius 3 is 0.822 bits per heavy atom. The Hall–Kier alpha value is -17.7.